The van der Waals surface area contributed by atoms with Gasteiger partial charge < -0.3 is 9.73 Å². The predicted octanol–water partition coefficient (Wildman–Crippen LogP) is 2.15. The monoisotopic (exact) mass is 198 g/mol. The van der Waals surface area contributed by atoms with Crippen molar-refractivity contribution in [2.75, 3.05) is 23.4 Å². The van der Waals surface area contributed by atoms with Gasteiger partial charge in [0.1, 0.15) is 6.26 Å². The van der Waals surface area contributed by atoms with E-state index in [9.17, 15) is 0 Å². The summed E-state index contributed by atoms with van der Waals surface area (Å²) in [5, 5.41) is 3.22. The van der Waals surface area contributed by atoms with E-state index in [0.717, 1.165) is 18.2 Å². The van der Waals surface area contributed by atoms with E-state index in [1.807, 2.05) is 18.7 Å². The maximum Gasteiger partial charge on any atom is 0.294 e. The summed E-state index contributed by atoms with van der Waals surface area (Å²) in [6.07, 6.45) is 2.99. The number of hydrogen-bond acceptors (Lipinski definition) is 4. The van der Waals surface area contributed by atoms with Crippen LogP contribution in [-0.2, 0) is 0 Å². The first kappa shape index (κ1) is 8.94. The number of aromatic nitrogens is 1. The van der Waals surface area contributed by atoms with Gasteiger partial charge in [-0.1, -0.05) is 0 Å². The van der Waals surface area contributed by atoms with E-state index in [0.29, 0.717) is 6.01 Å². The number of anilines is 1. The van der Waals surface area contributed by atoms with Crippen molar-refractivity contribution in [1.29, 1.82) is 0 Å². The van der Waals surface area contributed by atoms with Gasteiger partial charge in [-0.3, -0.25) is 0 Å². The van der Waals surface area contributed by atoms with Crippen LogP contribution >= 0.6 is 11.8 Å². The average Bonchev–Trinajstić information content (AvgIpc) is 2.71. The van der Waals surface area contributed by atoms with Crippen molar-refractivity contribution in [3.05, 3.63) is 12.0 Å². The predicted molar refractivity (Wildman–Crippen MR) is 55.2 cm³/mol. The van der Waals surface area contributed by atoms with Crippen LogP contribution in [0.3, 0.4) is 0 Å². The highest BCUT2D eigenvalue weighted by molar-refractivity contribution is 7.99. The smallest absolute Gasteiger partial charge is 0.294 e. The van der Waals surface area contributed by atoms with E-state index in [1.165, 1.54) is 17.9 Å². The Balaban J connectivity index is 1.78. The van der Waals surface area contributed by atoms with Crippen molar-refractivity contribution in [3.8, 4) is 0 Å². The van der Waals surface area contributed by atoms with Crippen LogP contribution in [0.1, 0.15) is 12.1 Å². The van der Waals surface area contributed by atoms with E-state index in [-0.39, 0.29) is 0 Å². The van der Waals surface area contributed by atoms with Gasteiger partial charge in [-0.25, -0.2) is 0 Å². The molecule has 1 N–H and O–H groups in total. The molecule has 1 aromatic rings. The van der Waals surface area contributed by atoms with Crippen LogP contribution in [0.15, 0.2) is 10.7 Å². The van der Waals surface area contributed by atoms with Gasteiger partial charge in [0.2, 0.25) is 0 Å². The molecule has 2 heterocycles. The van der Waals surface area contributed by atoms with Crippen molar-refractivity contribution < 1.29 is 4.42 Å². The molecule has 1 atom stereocenters. The summed E-state index contributed by atoms with van der Waals surface area (Å²) in [4.78, 5) is 4.19. The summed E-state index contributed by atoms with van der Waals surface area (Å²) in [5.41, 5.74) is 0.934. The van der Waals surface area contributed by atoms with E-state index >= 15 is 0 Å². The van der Waals surface area contributed by atoms with Gasteiger partial charge in [-0.15, -0.1) is 0 Å². The van der Waals surface area contributed by atoms with E-state index in [4.69, 9.17) is 4.42 Å². The Morgan fingerprint density at radius 2 is 2.69 bits per heavy atom. The lowest BCUT2D eigenvalue weighted by Gasteiger charge is -2.07. The Bertz CT molecular complexity index is 268. The van der Waals surface area contributed by atoms with Gasteiger partial charge in [0.15, 0.2) is 0 Å². The van der Waals surface area contributed by atoms with Gasteiger partial charge in [-0.2, -0.15) is 16.7 Å². The molecule has 0 spiro atoms. The maximum atomic E-state index is 5.20. The van der Waals surface area contributed by atoms with E-state index in [1.54, 1.807) is 6.26 Å². The van der Waals surface area contributed by atoms with Crippen LogP contribution < -0.4 is 5.32 Å². The Hall–Kier alpha value is -0.640. The molecule has 1 unspecified atom stereocenters. The van der Waals surface area contributed by atoms with Crippen LogP contribution in [0, 0.1) is 12.8 Å². The highest BCUT2D eigenvalue weighted by Gasteiger charge is 2.15. The molecular formula is C9H14N2OS. The molecule has 2 rings (SSSR count). The Kier molecular flexibility index (Phi) is 2.78. The normalized spacial score (nSPS) is 22.1. The van der Waals surface area contributed by atoms with Crippen LogP contribution in [-0.4, -0.2) is 23.0 Å². The molecule has 72 valence electrons. The van der Waals surface area contributed by atoms with Crippen molar-refractivity contribution >= 4 is 17.8 Å². The highest BCUT2D eigenvalue weighted by atomic mass is 32.2. The first-order valence-corrected chi connectivity index (χ1v) is 5.74. The minimum atomic E-state index is 0.661. The number of hydrogen-bond donors (Lipinski definition) is 1. The first-order valence-electron chi connectivity index (χ1n) is 4.58. The number of nitrogens with zero attached hydrogens (tertiary/aromatic N) is 1. The molecule has 1 aromatic heterocycles. The standard InChI is InChI=1S/C9H14N2OS/c1-7-5-12-9(11-7)10-4-8-2-3-13-6-8/h5,8H,2-4,6H2,1H3,(H,10,11). The topological polar surface area (TPSA) is 38.1 Å². The molecule has 1 aliphatic rings. The molecule has 0 saturated carbocycles. The van der Waals surface area contributed by atoms with Crippen molar-refractivity contribution in [3.63, 3.8) is 0 Å². The number of oxazole rings is 1. The highest BCUT2D eigenvalue weighted by Crippen LogP contribution is 2.23. The zero-order valence-corrected chi connectivity index (χ0v) is 8.56. The molecule has 0 radical (unpaired) electrons. The lowest BCUT2D eigenvalue weighted by atomic mass is 10.1. The summed E-state index contributed by atoms with van der Waals surface area (Å²) in [6.45, 7) is 2.92. The fourth-order valence-electron chi connectivity index (χ4n) is 1.41. The third-order valence-electron chi connectivity index (χ3n) is 2.18. The van der Waals surface area contributed by atoms with Crippen molar-refractivity contribution in [2.24, 2.45) is 5.92 Å². The molecule has 1 fully saturated rings. The van der Waals surface area contributed by atoms with Gasteiger partial charge >= 0.3 is 0 Å². The van der Waals surface area contributed by atoms with Gasteiger partial charge in [0.25, 0.3) is 6.01 Å². The van der Waals surface area contributed by atoms with Crippen LogP contribution in [0.4, 0.5) is 6.01 Å². The van der Waals surface area contributed by atoms with Crippen LogP contribution in [0.2, 0.25) is 0 Å². The number of nitrogens with one attached hydrogen (secondary N) is 1. The molecule has 4 heteroatoms. The number of thioether (sulfide) groups is 1. The van der Waals surface area contributed by atoms with Crippen LogP contribution in [0.5, 0.6) is 0 Å². The second kappa shape index (κ2) is 4.05. The largest absolute Gasteiger partial charge is 0.432 e. The maximum absolute atomic E-state index is 5.20. The summed E-state index contributed by atoms with van der Waals surface area (Å²) in [5.74, 6) is 3.36. The fourth-order valence-corrected chi connectivity index (χ4v) is 2.70. The van der Waals surface area contributed by atoms with Crippen molar-refractivity contribution in [1.82, 2.24) is 4.98 Å². The fraction of sp³-hybridized carbons (Fsp3) is 0.667. The Morgan fingerprint density at radius 3 is 3.31 bits per heavy atom. The second-order valence-electron chi connectivity index (χ2n) is 3.40. The molecule has 0 amide bonds. The zero-order chi connectivity index (χ0) is 9.10. The van der Waals surface area contributed by atoms with Gasteiger partial charge in [0, 0.05) is 6.54 Å². The van der Waals surface area contributed by atoms with E-state index < -0.39 is 0 Å². The molecule has 13 heavy (non-hydrogen) atoms. The third-order valence-corrected chi connectivity index (χ3v) is 3.42. The molecule has 0 aromatic carbocycles. The molecule has 3 nitrogen and oxygen atoms in total. The molecule has 0 bridgehead atoms. The lowest BCUT2D eigenvalue weighted by Crippen LogP contribution is -2.13. The minimum absolute atomic E-state index is 0.661. The van der Waals surface area contributed by atoms with Crippen LogP contribution in [0.25, 0.3) is 0 Å². The SMILES string of the molecule is Cc1coc(NCC2CCSC2)n1. The van der Waals surface area contributed by atoms with Gasteiger partial charge in [0.05, 0.1) is 5.69 Å². The molecule has 1 aliphatic heterocycles. The summed E-state index contributed by atoms with van der Waals surface area (Å²) in [6, 6.07) is 0.661. The average molecular weight is 198 g/mol. The second-order valence-corrected chi connectivity index (χ2v) is 4.55. The Labute approximate surface area is 82.3 Å². The minimum Gasteiger partial charge on any atom is -0.432 e. The van der Waals surface area contributed by atoms with Crippen molar-refractivity contribution in [2.45, 2.75) is 13.3 Å². The quantitative estimate of drug-likeness (QED) is 0.807. The van der Waals surface area contributed by atoms with E-state index in [2.05, 4.69) is 10.3 Å². The number of aryl methyl sites for hydroxylation is 1. The summed E-state index contributed by atoms with van der Waals surface area (Å²) >= 11 is 2.03. The molecule has 1 saturated heterocycles. The summed E-state index contributed by atoms with van der Waals surface area (Å²) in [7, 11) is 0. The molecular weight excluding hydrogens is 184 g/mol. The first-order chi connectivity index (χ1) is 6.34. The lowest BCUT2D eigenvalue weighted by molar-refractivity contribution is 0.553. The summed E-state index contributed by atoms with van der Waals surface area (Å²) < 4.78 is 5.20. The third kappa shape index (κ3) is 2.40. The number of rotatable bonds is 3. The zero-order valence-electron chi connectivity index (χ0n) is 7.75. The Morgan fingerprint density at radius 1 is 1.77 bits per heavy atom. The van der Waals surface area contributed by atoms with Gasteiger partial charge in [-0.05, 0) is 30.8 Å². The molecule has 0 aliphatic carbocycles.